The molecular weight excluding hydrogens is 513 g/mol. The third kappa shape index (κ3) is 8.12. The van der Waals surface area contributed by atoms with Crippen LogP contribution in [0.4, 0.5) is 18.9 Å². The highest BCUT2D eigenvalue weighted by Gasteiger charge is 2.31. The standard InChI is InChI=1S/C27H35F3N6O3/c1-21-19-32-24(20-31-21)26(38)36(8-3-7-33-14-16-39-17-15-33)9-6-25(37)35-12-10-34(11-13-35)23-5-2-4-22(18-23)27(28,29)30/h2,4-5,18-20H,3,6-17H2,1H3. The minimum Gasteiger partial charge on any atom is -0.379 e. The van der Waals surface area contributed by atoms with Crippen molar-refractivity contribution in [3.8, 4) is 0 Å². The van der Waals surface area contributed by atoms with E-state index in [1.54, 1.807) is 29.0 Å². The number of carbonyl (C=O) groups excluding carboxylic acids is 2. The van der Waals surface area contributed by atoms with Crippen molar-refractivity contribution in [3.05, 3.63) is 53.6 Å². The van der Waals surface area contributed by atoms with Crippen molar-refractivity contribution in [2.75, 3.05) is 77.0 Å². The first kappa shape index (κ1) is 28.8. The summed E-state index contributed by atoms with van der Waals surface area (Å²) in [4.78, 5) is 42.2. The number of ether oxygens (including phenoxy) is 1. The Morgan fingerprint density at radius 1 is 1.00 bits per heavy atom. The van der Waals surface area contributed by atoms with E-state index in [0.29, 0.717) is 57.3 Å². The highest BCUT2D eigenvalue weighted by atomic mass is 19.4. The number of nitrogens with zero attached hydrogens (tertiary/aromatic N) is 6. The molecule has 0 saturated carbocycles. The fourth-order valence-corrected chi connectivity index (χ4v) is 4.77. The monoisotopic (exact) mass is 548 g/mol. The van der Waals surface area contributed by atoms with E-state index >= 15 is 0 Å². The van der Waals surface area contributed by atoms with Crippen LogP contribution in [0.1, 0.15) is 34.6 Å². The molecule has 0 N–H and O–H groups in total. The molecule has 0 atom stereocenters. The molecule has 0 unspecified atom stereocenters. The van der Waals surface area contributed by atoms with Gasteiger partial charge >= 0.3 is 6.18 Å². The van der Waals surface area contributed by atoms with Crippen molar-refractivity contribution in [1.82, 2.24) is 24.7 Å². The first-order chi connectivity index (χ1) is 18.7. The summed E-state index contributed by atoms with van der Waals surface area (Å²) in [5.41, 5.74) is 0.766. The zero-order valence-electron chi connectivity index (χ0n) is 22.2. The molecule has 3 heterocycles. The number of alkyl halides is 3. The van der Waals surface area contributed by atoms with Crippen molar-refractivity contribution in [2.45, 2.75) is 25.9 Å². The number of benzene rings is 1. The molecule has 2 fully saturated rings. The molecule has 2 aliphatic heterocycles. The summed E-state index contributed by atoms with van der Waals surface area (Å²) >= 11 is 0. The second-order valence-electron chi connectivity index (χ2n) is 9.81. The number of hydrogen-bond acceptors (Lipinski definition) is 7. The van der Waals surface area contributed by atoms with Gasteiger partial charge < -0.3 is 19.4 Å². The molecule has 2 aliphatic rings. The summed E-state index contributed by atoms with van der Waals surface area (Å²) in [5.74, 6) is -0.341. The number of amides is 2. The molecule has 12 heteroatoms. The second-order valence-corrected chi connectivity index (χ2v) is 9.81. The first-order valence-corrected chi connectivity index (χ1v) is 13.3. The smallest absolute Gasteiger partial charge is 0.379 e. The molecule has 1 aromatic heterocycles. The Balaban J connectivity index is 1.31. The van der Waals surface area contributed by atoms with Gasteiger partial charge in [-0.2, -0.15) is 13.2 Å². The van der Waals surface area contributed by atoms with Crippen molar-refractivity contribution < 1.29 is 27.5 Å². The van der Waals surface area contributed by atoms with Crippen LogP contribution in [0.15, 0.2) is 36.7 Å². The van der Waals surface area contributed by atoms with E-state index in [4.69, 9.17) is 4.74 Å². The summed E-state index contributed by atoms with van der Waals surface area (Å²) in [6.07, 6.45) is -0.472. The van der Waals surface area contributed by atoms with Crippen LogP contribution < -0.4 is 4.90 Å². The Labute approximate surface area is 226 Å². The molecule has 0 radical (unpaired) electrons. The Bertz CT molecular complexity index is 1100. The lowest BCUT2D eigenvalue weighted by Gasteiger charge is -2.36. The molecule has 39 heavy (non-hydrogen) atoms. The second kappa shape index (κ2) is 13.2. The molecule has 1 aromatic carbocycles. The highest BCUT2D eigenvalue weighted by Crippen LogP contribution is 2.31. The molecule has 212 valence electrons. The molecule has 0 bridgehead atoms. The Kier molecular flexibility index (Phi) is 9.73. The SMILES string of the molecule is Cc1cnc(C(=O)N(CCCN2CCOCC2)CCC(=O)N2CCN(c3cccc(C(F)(F)F)c3)CC2)cn1. The summed E-state index contributed by atoms with van der Waals surface area (Å²) in [5, 5.41) is 0. The maximum Gasteiger partial charge on any atom is 0.416 e. The minimum atomic E-state index is -4.40. The van der Waals surface area contributed by atoms with Crippen molar-refractivity contribution in [3.63, 3.8) is 0 Å². The van der Waals surface area contributed by atoms with Gasteiger partial charge in [-0.3, -0.25) is 19.5 Å². The third-order valence-electron chi connectivity index (χ3n) is 7.06. The first-order valence-electron chi connectivity index (χ1n) is 13.3. The van der Waals surface area contributed by atoms with Gasteiger partial charge in [-0.1, -0.05) is 6.07 Å². The fourth-order valence-electron chi connectivity index (χ4n) is 4.77. The van der Waals surface area contributed by atoms with Crippen LogP contribution in [-0.2, 0) is 15.7 Å². The predicted molar refractivity (Wildman–Crippen MR) is 139 cm³/mol. The summed E-state index contributed by atoms with van der Waals surface area (Å²) < 4.78 is 44.7. The number of hydrogen-bond donors (Lipinski definition) is 0. The van der Waals surface area contributed by atoms with Crippen molar-refractivity contribution in [2.24, 2.45) is 0 Å². The van der Waals surface area contributed by atoms with Gasteiger partial charge in [0.25, 0.3) is 5.91 Å². The maximum absolute atomic E-state index is 13.2. The Morgan fingerprint density at radius 2 is 1.74 bits per heavy atom. The molecule has 9 nitrogen and oxygen atoms in total. The van der Waals surface area contributed by atoms with Gasteiger partial charge in [-0.05, 0) is 31.5 Å². The van der Waals surface area contributed by atoms with Gasteiger partial charge in [-0.15, -0.1) is 0 Å². The lowest BCUT2D eigenvalue weighted by Crippen LogP contribution is -2.49. The molecule has 2 aromatic rings. The van der Waals surface area contributed by atoms with Crippen molar-refractivity contribution >= 4 is 17.5 Å². The molecular formula is C27H35F3N6O3. The molecule has 2 amide bonds. The number of piperazine rings is 1. The van der Waals surface area contributed by atoms with Gasteiger partial charge in [0.15, 0.2) is 0 Å². The Morgan fingerprint density at radius 3 is 2.41 bits per heavy atom. The van der Waals surface area contributed by atoms with Gasteiger partial charge in [-0.25, -0.2) is 4.98 Å². The van der Waals surface area contributed by atoms with Gasteiger partial charge in [0.1, 0.15) is 5.69 Å². The van der Waals surface area contributed by atoms with Crippen LogP contribution in [-0.4, -0.2) is 109 Å². The molecule has 4 rings (SSSR count). The normalized spacial score (nSPS) is 16.8. The van der Waals surface area contributed by atoms with E-state index in [1.807, 2.05) is 4.90 Å². The number of morpholine rings is 1. The van der Waals surface area contributed by atoms with E-state index < -0.39 is 11.7 Å². The quantitative estimate of drug-likeness (QED) is 0.477. The van der Waals surface area contributed by atoms with E-state index in [-0.39, 0.29) is 30.5 Å². The molecule has 0 spiro atoms. The highest BCUT2D eigenvalue weighted by molar-refractivity contribution is 5.92. The van der Waals surface area contributed by atoms with Crippen LogP contribution in [0, 0.1) is 6.92 Å². The van der Waals surface area contributed by atoms with E-state index in [9.17, 15) is 22.8 Å². The molecule has 2 saturated heterocycles. The van der Waals surface area contributed by atoms with Gasteiger partial charge in [0, 0.05) is 77.2 Å². The van der Waals surface area contributed by atoms with Crippen LogP contribution in [0.2, 0.25) is 0 Å². The van der Waals surface area contributed by atoms with E-state index in [1.165, 1.54) is 12.3 Å². The van der Waals surface area contributed by atoms with Gasteiger partial charge in [0.2, 0.25) is 5.91 Å². The van der Waals surface area contributed by atoms with E-state index in [2.05, 4.69) is 14.9 Å². The average Bonchev–Trinajstić information content (AvgIpc) is 2.95. The number of carbonyl (C=O) groups is 2. The van der Waals surface area contributed by atoms with Gasteiger partial charge in [0.05, 0.1) is 30.7 Å². The summed E-state index contributed by atoms with van der Waals surface area (Å²) in [6.45, 7) is 8.20. The van der Waals surface area contributed by atoms with Crippen LogP contribution in [0.5, 0.6) is 0 Å². The maximum atomic E-state index is 13.2. The number of rotatable bonds is 9. The zero-order chi connectivity index (χ0) is 27.8. The minimum absolute atomic E-state index is 0.0836. The Hall–Kier alpha value is -3.25. The average molecular weight is 549 g/mol. The zero-order valence-corrected chi connectivity index (χ0v) is 22.2. The molecule has 0 aliphatic carbocycles. The number of aromatic nitrogens is 2. The van der Waals surface area contributed by atoms with Crippen LogP contribution >= 0.6 is 0 Å². The summed E-state index contributed by atoms with van der Waals surface area (Å²) in [7, 11) is 0. The van der Waals surface area contributed by atoms with Crippen LogP contribution in [0.25, 0.3) is 0 Å². The van der Waals surface area contributed by atoms with Crippen molar-refractivity contribution in [1.29, 1.82) is 0 Å². The number of aryl methyl sites for hydroxylation is 1. The summed E-state index contributed by atoms with van der Waals surface area (Å²) in [6, 6.07) is 5.26. The topological polar surface area (TPSA) is 82.1 Å². The van der Waals surface area contributed by atoms with Crippen LogP contribution in [0.3, 0.4) is 0 Å². The number of halogens is 3. The lowest BCUT2D eigenvalue weighted by atomic mass is 10.1. The van der Waals surface area contributed by atoms with E-state index in [0.717, 1.165) is 38.2 Å². The fraction of sp³-hybridized carbons (Fsp3) is 0.556. The predicted octanol–water partition coefficient (Wildman–Crippen LogP) is 2.71. The lowest BCUT2D eigenvalue weighted by molar-refractivity contribution is -0.137. The number of anilines is 1. The largest absolute Gasteiger partial charge is 0.416 e. The third-order valence-corrected chi connectivity index (χ3v) is 7.06.